The molecule has 0 bridgehead atoms. The van der Waals surface area contributed by atoms with Crippen LogP contribution < -0.4 is 0 Å². The van der Waals surface area contributed by atoms with Crippen molar-refractivity contribution < 1.29 is 13.2 Å². The lowest BCUT2D eigenvalue weighted by Gasteiger charge is -2.28. The Bertz CT molecular complexity index is 488. The van der Waals surface area contributed by atoms with Crippen LogP contribution >= 0.6 is 0 Å². The summed E-state index contributed by atoms with van der Waals surface area (Å²) in [5, 5.41) is 0. The molecule has 2 rings (SSSR count). The maximum absolute atomic E-state index is 13.3. The van der Waals surface area contributed by atoms with Crippen molar-refractivity contribution in [3.63, 3.8) is 0 Å². The highest BCUT2D eigenvalue weighted by Crippen LogP contribution is 2.38. The van der Waals surface area contributed by atoms with Crippen molar-refractivity contribution >= 4 is 0 Å². The summed E-state index contributed by atoms with van der Waals surface area (Å²) in [5.41, 5.74) is 0.594. The zero-order chi connectivity index (χ0) is 15.2. The summed E-state index contributed by atoms with van der Waals surface area (Å²) < 4.78 is 39.5. The second-order valence-corrected chi connectivity index (χ2v) is 5.76. The lowest BCUT2D eigenvalue weighted by Crippen LogP contribution is -2.14. The molecule has 1 aromatic carbocycles. The fourth-order valence-corrected chi connectivity index (χ4v) is 3.12. The van der Waals surface area contributed by atoms with Gasteiger partial charge >= 0.3 is 0 Å². The molecule has 1 aliphatic rings. The van der Waals surface area contributed by atoms with Crippen LogP contribution in [0.3, 0.4) is 0 Å². The standard InChI is InChI=1S/C18H21F3/c1-2-3-4-5-6-13-7-9-14(10-8-13)15-11-16(19)18(21)17(20)12-15/h2-4,11-14H,1,5-10H2/b4-3+. The van der Waals surface area contributed by atoms with Crippen LogP contribution in [0, 0.1) is 23.4 Å². The SMILES string of the molecule is C=C/C=C/CCC1CCC(c2cc(F)c(F)c(F)c2)CC1. The van der Waals surface area contributed by atoms with Crippen LogP contribution in [-0.2, 0) is 0 Å². The molecule has 3 heteroatoms. The molecule has 21 heavy (non-hydrogen) atoms. The Balaban J connectivity index is 1.89. The third kappa shape index (κ3) is 4.23. The van der Waals surface area contributed by atoms with E-state index in [0.29, 0.717) is 11.5 Å². The summed E-state index contributed by atoms with van der Waals surface area (Å²) in [6.45, 7) is 3.63. The second-order valence-electron chi connectivity index (χ2n) is 5.76. The maximum Gasteiger partial charge on any atom is 0.194 e. The Morgan fingerprint density at radius 3 is 2.24 bits per heavy atom. The van der Waals surface area contributed by atoms with Crippen molar-refractivity contribution in [2.45, 2.75) is 44.4 Å². The van der Waals surface area contributed by atoms with Gasteiger partial charge in [0.25, 0.3) is 0 Å². The molecule has 1 aliphatic carbocycles. The molecule has 114 valence electrons. The maximum atomic E-state index is 13.3. The molecule has 1 aromatic rings. The first-order chi connectivity index (χ1) is 10.1. The van der Waals surface area contributed by atoms with E-state index in [1.54, 1.807) is 6.08 Å². The van der Waals surface area contributed by atoms with Crippen molar-refractivity contribution in [1.82, 2.24) is 0 Å². The van der Waals surface area contributed by atoms with Crippen LogP contribution in [0.4, 0.5) is 13.2 Å². The Hall–Kier alpha value is -1.51. The topological polar surface area (TPSA) is 0 Å². The quantitative estimate of drug-likeness (QED) is 0.468. The van der Waals surface area contributed by atoms with Gasteiger partial charge in [-0.25, -0.2) is 13.2 Å². The van der Waals surface area contributed by atoms with Gasteiger partial charge in [0.15, 0.2) is 17.5 Å². The predicted molar refractivity (Wildman–Crippen MR) is 79.6 cm³/mol. The van der Waals surface area contributed by atoms with Gasteiger partial charge in [0.2, 0.25) is 0 Å². The highest BCUT2D eigenvalue weighted by Gasteiger charge is 2.23. The Kier molecular flexibility index (Phi) is 5.66. The third-order valence-electron chi connectivity index (χ3n) is 4.34. The molecule has 1 fully saturated rings. The van der Waals surface area contributed by atoms with E-state index in [2.05, 4.69) is 12.7 Å². The van der Waals surface area contributed by atoms with Gasteiger partial charge in [0, 0.05) is 0 Å². The van der Waals surface area contributed by atoms with Crippen LogP contribution in [-0.4, -0.2) is 0 Å². The lowest BCUT2D eigenvalue weighted by molar-refractivity contribution is 0.310. The molecule has 0 N–H and O–H groups in total. The molecule has 0 atom stereocenters. The molecular weight excluding hydrogens is 273 g/mol. The van der Waals surface area contributed by atoms with E-state index < -0.39 is 17.5 Å². The highest BCUT2D eigenvalue weighted by atomic mass is 19.2. The van der Waals surface area contributed by atoms with Gasteiger partial charge in [-0.2, -0.15) is 0 Å². The number of hydrogen-bond acceptors (Lipinski definition) is 0. The summed E-state index contributed by atoms with van der Waals surface area (Å²) in [7, 11) is 0. The van der Waals surface area contributed by atoms with Crippen molar-refractivity contribution in [1.29, 1.82) is 0 Å². The lowest BCUT2D eigenvalue weighted by atomic mass is 9.77. The van der Waals surface area contributed by atoms with Gasteiger partial charge in [-0.05, 0) is 68.1 Å². The molecule has 0 spiro atoms. The zero-order valence-corrected chi connectivity index (χ0v) is 12.1. The van der Waals surface area contributed by atoms with E-state index in [1.165, 1.54) is 0 Å². The van der Waals surface area contributed by atoms with Crippen LogP contribution in [0.1, 0.15) is 50.0 Å². The van der Waals surface area contributed by atoms with Crippen LogP contribution in [0.15, 0.2) is 36.9 Å². The fraction of sp³-hybridized carbons (Fsp3) is 0.444. The average Bonchev–Trinajstić information content (AvgIpc) is 2.49. The van der Waals surface area contributed by atoms with Gasteiger partial charge in [-0.3, -0.25) is 0 Å². The molecule has 0 unspecified atom stereocenters. The smallest absolute Gasteiger partial charge is 0.194 e. The van der Waals surface area contributed by atoms with E-state index in [-0.39, 0.29) is 5.92 Å². The number of allylic oxidation sites excluding steroid dienone is 3. The number of benzene rings is 1. The minimum atomic E-state index is -1.37. The number of hydrogen-bond donors (Lipinski definition) is 0. The van der Waals surface area contributed by atoms with Crippen molar-refractivity contribution in [3.05, 3.63) is 60.0 Å². The Morgan fingerprint density at radius 2 is 1.67 bits per heavy atom. The van der Waals surface area contributed by atoms with E-state index in [9.17, 15) is 13.2 Å². The molecule has 1 saturated carbocycles. The fourth-order valence-electron chi connectivity index (χ4n) is 3.12. The van der Waals surface area contributed by atoms with Crippen LogP contribution in [0.5, 0.6) is 0 Å². The first kappa shape index (κ1) is 15.9. The largest absolute Gasteiger partial charge is 0.204 e. The first-order valence-corrected chi connectivity index (χ1v) is 7.53. The summed E-state index contributed by atoms with van der Waals surface area (Å²) in [6.07, 6.45) is 12.0. The molecule has 0 aromatic heterocycles. The van der Waals surface area contributed by atoms with Gasteiger partial charge in [0.05, 0.1) is 0 Å². The number of halogens is 3. The molecule has 0 saturated heterocycles. The molecular formula is C18H21F3. The van der Waals surface area contributed by atoms with Gasteiger partial charge in [-0.15, -0.1) is 0 Å². The summed E-state index contributed by atoms with van der Waals surface area (Å²) >= 11 is 0. The molecule has 0 radical (unpaired) electrons. The molecule has 0 nitrogen and oxygen atoms in total. The Morgan fingerprint density at radius 1 is 1.05 bits per heavy atom. The van der Waals surface area contributed by atoms with Crippen molar-refractivity contribution in [3.8, 4) is 0 Å². The molecule has 0 heterocycles. The summed E-state index contributed by atoms with van der Waals surface area (Å²) in [4.78, 5) is 0. The van der Waals surface area contributed by atoms with E-state index in [0.717, 1.165) is 50.7 Å². The van der Waals surface area contributed by atoms with Crippen LogP contribution in [0.25, 0.3) is 0 Å². The van der Waals surface area contributed by atoms with Crippen molar-refractivity contribution in [2.24, 2.45) is 5.92 Å². The third-order valence-corrected chi connectivity index (χ3v) is 4.34. The number of rotatable bonds is 5. The second kappa shape index (κ2) is 7.48. The van der Waals surface area contributed by atoms with Gasteiger partial charge in [-0.1, -0.05) is 24.8 Å². The molecule has 0 aliphatic heterocycles. The van der Waals surface area contributed by atoms with E-state index in [1.807, 2.05) is 6.08 Å². The Labute approximate surface area is 124 Å². The van der Waals surface area contributed by atoms with Gasteiger partial charge < -0.3 is 0 Å². The van der Waals surface area contributed by atoms with E-state index >= 15 is 0 Å². The predicted octanol–water partition coefficient (Wildman–Crippen LogP) is 5.90. The van der Waals surface area contributed by atoms with Crippen molar-refractivity contribution in [2.75, 3.05) is 0 Å². The molecule has 0 amide bonds. The zero-order valence-electron chi connectivity index (χ0n) is 12.1. The monoisotopic (exact) mass is 294 g/mol. The normalized spacial score (nSPS) is 22.6. The first-order valence-electron chi connectivity index (χ1n) is 7.53. The van der Waals surface area contributed by atoms with Gasteiger partial charge in [0.1, 0.15) is 0 Å². The summed E-state index contributed by atoms with van der Waals surface area (Å²) in [5.74, 6) is -2.72. The summed E-state index contributed by atoms with van der Waals surface area (Å²) in [6, 6.07) is 2.30. The highest BCUT2D eigenvalue weighted by molar-refractivity contribution is 5.23. The van der Waals surface area contributed by atoms with E-state index in [4.69, 9.17) is 0 Å². The minimum Gasteiger partial charge on any atom is -0.204 e. The minimum absolute atomic E-state index is 0.148. The average molecular weight is 294 g/mol. The van der Waals surface area contributed by atoms with Crippen LogP contribution in [0.2, 0.25) is 0 Å².